The first kappa shape index (κ1) is 21.4. The van der Waals surface area contributed by atoms with Gasteiger partial charge in [0.1, 0.15) is 0 Å². The molecule has 0 aromatic rings. The van der Waals surface area contributed by atoms with Crippen molar-refractivity contribution in [3.8, 4) is 0 Å². The minimum atomic E-state index is -1.44. The van der Waals surface area contributed by atoms with E-state index in [2.05, 4.69) is 46.6 Å². The van der Waals surface area contributed by atoms with Crippen LogP contribution in [0.25, 0.3) is 0 Å². The summed E-state index contributed by atoms with van der Waals surface area (Å²) in [6, 6.07) is 0. The van der Waals surface area contributed by atoms with Crippen molar-refractivity contribution in [3.05, 3.63) is 0 Å². The molecule has 0 heterocycles. The summed E-state index contributed by atoms with van der Waals surface area (Å²) < 4.78 is 6.61. The standard InChI is InChI=1S/C18H42OSi2/c1-8-10-11-12-13-14-15-16-17-18(9-2)19-21(6,7)20(3,4)5/h18H,8-17H2,1-7H3. The highest BCUT2D eigenvalue weighted by Gasteiger charge is 2.40. The molecule has 0 aromatic carbocycles. The van der Waals surface area contributed by atoms with E-state index >= 15 is 0 Å². The fourth-order valence-corrected chi connectivity index (χ4v) is 5.48. The Hall–Kier alpha value is 0.394. The van der Waals surface area contributed by atoms with Crippen LogP contribution < -0.4 is 0 Å². The molecule has 21 heavy (non-hydrogen) atoms. The highest BCUT2D eigenvalue weighted by Crippen LogP contribution is 2.24. The van der Waals surface area contributed by atoms with E-state index in [0.29, 0.717) is 6.10 Å². The summed E-state index contributed by atoms with van der Waals surface area (Å²) in [6.45, 7) is 16.9. The number of hydrogen-bond acceptors (Lipinski definition) is 1. The second kappa shape index (κ2) is 11.0. The molecule has 0 bridgehead atoms. The maximum absolute atomic E-state index is 6.61. The number of unbranched alkanes of at least 4 members (excludes halogenated alkanes) is 7. The van der Waals surface area contributed by atoms with Gasteiger partial charge >= 0.3 is 0 Å². The van der Waals surface area contributed by atoms with Crippen LogP contribution in [0.4, 0.5) is 0 Å². The first-order chi connectivity index (χ1) is 9.74. The van der Waals surface area contributed by atoms with Crippen molar-refractivity contribution < 1.29 is 4.43 Å². The van der Waals surface area contributed by atoms with Gasteiger partial charge in [-0.1, -0.05) is 84.9 Å². The van der Waals surface area contributed by atoms with Gasteiger partial charge in [-0.25, -0.2) is 0 Å². The Morgan fingerprint density at radius 1 is 0.714 bits per heavy atom. The van der Waals surface area contributed by atoms with Crippen LogP contribution in [-0.4, -0.2) is 21.5 Å². The molecule has 0 radical (unpaired) electrons. The van der Waals surface area contributed by atoms with Gasteiger partial charge in [0, 0.05) is 6.10 Å². The number of hydrogen-bond donors (Lipinski definition) is 0. The zero-order valence-corrected chi connectivity index (χ0v) is 18.1. The summed E-state index contributed by atoms with van der Waals surface area (Å²) in [7, 11) is -2.56. The van der Waals surface area contributed by atoms with E-state index in [4.69, 9.17) is 4.43 Å². The fraction of sp³-hybridized carbons (Fsp3) is 1.00. The first-order valence-corrected chi connectivity index (χ1v) is 16.8. The molecule has 0 aromatic heterocycles. The van der Waals surface area contributed by atoms with Crippen LogP contribution in [0.2, 0.25) is 32.7 Å². The van der Waals surface area contributed by atoms with Crippen molar-refractivity contribution in [2.45, 2.75) is 117 Å². The SMILES string of the molecule is CCCCCCCCCCC(CC)O[Si](C)(C)[Si](C)(C)C. The van der Waals surface area contributed by atoms with Gasteiger partial charge in [-0.3, -0.25) is 0 Å². The third-order valence-electron chi connectivity index (χ3n) is 5.10. The van der Waals surface area contributed by atoms with Crippen LogP contribution >= 0.6 is 0 Å². The Morgan fingerprint density at radius 3 is 1.62 bits per heavy atom. The second-order valence-electron chi connectivity index (χ2n) is 8.17. The molecule has 0 spiro atoms. The van der Waals surface area contributed by atoms with Crippen molar-refractivity contribution in [2.75, 3.05) is 0 Å². The third-order valence-corrected chi connectivity index (χ3v) is 20.8. The van der Waals surface area contributed by atoms with Gasteiger partial charge in [0.25, 0.3) is 0 Å². The van der Waals surface area contributed by atoms with E-state index < -0.39 is 15.4 Å². The summed E-state index contributed by atoms with van der Waals surface area (Å²) in [4.78, 5) is 0. The highest BCUT2D eigenvalue weighted by atomic mass is 29.3. The minimum absolute atomic E-state index is 0.526. The van der Waals surface area contributed by atoms with Gasteiger partial charge in [0.2, 0.25) is 0 Å². The molecule has 3 heteroatoms. The van der Waals surface area contributed by atoms with Crippen LogP contribution in [0.1, 0.15) is 78.1 Å². The topological polar surface area (TPSA) is 9.23 Å². The summed E-state index contributed by atoms with van der Waals surface area (Å²) in [6.07, 6.45) is 14.3. The molecule has 1 atom stereocenters. The van der Waals surface area contributed by atoms with Crippen molar-refractivity contribution in [1.82, 2.24) is 0 Å². The summed E-state index contributed by atoms with van der Waals surface area (Å²) in [5.41, 5.74) is 0. The molecule has 0 aliphatic carbocycles. The lowest BCUT2D eigenvalue weighted by molar-refractivity contribution is 0.179. The Bertz CT molecular complexity index is 246. The molecule has 0 amide bonds. The average Bonchev–Trinajstić information content (AvgIpc) is 2.39. The second-order valence-corrected chi connectivity index (χ2v) is 24.0. The minimum Gasteiger partial charge on any atom is -0.417 e. The van der Waals surface area contributed by atoms with Crippen LogP contribution in [0.3, 0.4) is 0 Å². The lowest BCUT2D eigenvalue weighted by atomic mass is 10.0. The van der Waals surface area contributed by atoms with Gasteiger partial charge in [0.15, 0.2) is 7.83 Å². The average molecular weight is 331 g/mol. The van der Waals surface area contributed by atoms with E-state index in [0.717, 1.165) is 0 Å². The summed E-state index contributed by atoms with van der Waals surface area (Å²) in [5.74, 6) is 0. The quantitative estimate of drug-likeness (QED) is 0.263. The van der Waals surface area contributed by atoms with Crippen LogP contribution in [0, 0.1) is 0 Å². The van der Waals surface area contributed by atoms with Crippen molar-refractivity contribution in [3.63, 3.8) is 0 Å². The molecule has 1 nitrogen and oxygen atoms in total. The van der Waals surface area contributed by atoms with E-state index in [9.17, 15) is 0 Å². The molecular formula is C18H42OSi2. The lowest BCUT2D eigenvalue weighted by Gasteiger charge is -2.38. The Morgan fingerprint density at radius 2 is 1.19 bits per heavy atom. The first-order valence-electron chi connectivity index (χ1n) is 9.42. The van der Waals surface area contributed by atoms with E-state index in [1.807, 2.05) is 0 Å². The van der Waals surface area contributed by atoms with E-state index in [1.54, 1.807) is 0 Å². The molecule has 0 rings (SSSR count). The van der Waals surface area contributed by atoms with E-state index in [1.165, 1.54) is 64.2 Å². The van der Waals surface area contributed by atoms with Crippen LogP contribution in [0.15, 0.2) is 0 Å². The Balaban J connectivity index is 3.81. The van der Waals surface area contributed by atoms with Gasteiger partial charge < -0.3 is 4.43 Å². The summed E-state index contributed by atoms with van der Waals surface area (Å²) in [5, 5.41) is 0. The zero-order valence-electron chi connectivity index (χ0n) is 16.1. The van der Waals surface area contributed by atoms with Crippen molar-refractivity contribution in [1.29, 1.82) is 0 Å². The fourth-order valence-electron chi connectivity index (χ4n) is 2.45. The van der Waals surface area contributed by atoms with Crippen LogP contribution in [-0.2, 0) is 4.43 Å². The predicted octanol–water partition coefficient (Wildman–Crippen LogP) is 6.93. The van der Waals surface area contributed by atoms with E-state index in [-0.39, 0.29) is 0 Å². The Kier molecular flexibility index (Phi) is 11.2. The molecule has 0 fully saturated rings. The molecule has 1 unspecified atom stereocenters. The van der Waals surface area contributed by atoms with Gasteiger partial charge in [-0.15, -0.1) is 0 Å². The van der Waals surface area contributed by atoms with Crippen molar-refractivity contribution >= 4 is 15.4 Å². The molecule has 128 valence electrons. The Labute approximate surface area is 137 Å². The normalized spacial score (nSPS) is 14.4. The molecule has 0 aliphatic rings. The smallest absolute Gasteiger partial charge is 0.173 e. The maximum atomic E-state index is 6.61. The highest BCUT2D eigenvalue weighted by molar-refractivity contribution is 7.37. The lowest BCUT2D eigenvalue weighted by Crippen LogP contribution is -2.56. The van der Waals surface area contributed by atoms with Gasteiger partial charge in [-0.2, -0.15) is 0 Å². The number of rotatable bonds is 13. The summed E-state index contributed by atoms with van der Waals surface area (Å²) >= 11 is 0. The zero-order chi connectivity index (χ0) is 16.4. The largest absolute Gasteiger partial charge is 0.417 e. The molecule has 0 aliphatic heterocycles. The van der Waals surface area contributed by atoms with Crippen LogP contribution in [0.5, 0.6) is 0 Å². The molecule has 0 N–H and O–H groups in total. The van der Waals surface area contributed by atoms with Gasteiger partial charge in [-0.05, 0) is 25.9 Å². The third kappa shape index (κ3) is 9.90. The molecule has 0 saturated heterocycles. The maximum Gasteiger partial charge on any atom is 0.173 e. The molecule has 0 saturated carbocycles. The van der Waals surface area contributed by atoms with Gasteiger partial charge in [0.05, 0.1) is 7.59 Å². The predicted molar refractivity (Wildman–Crippen MR) is 103 cm³/mol. The molecular weight excluding hydrogens is 288 g/mol. The van der Waals surface area contributed by atoms with Crippen molar-refractivity contribution in [2.24, 2.45) is 0 Å². The monoisotopic (exact) mass is 330 g/mol.